The van der Waals surface area contributed by atoms with Gasteiger partial charge >= 0.3 is 0 Å². The molecule has 2 amide bonds. The fourth-order valence-electron chi connectivity index (χ4n) is 4.60. The van der Waals surface area contributed by atoms with Crippen LogP contribution >= 0.6 is 0 Å². The minimum absolute atomic E-state index is 0.156. The van der Waals surface area contributed by atoms with Gasteiger partial charge in [0.15, 0.2) is 0 Å². The summed E-state index contributed by atoms with van der Waals surface area (Å²) in [7, 11) is 1.97. The first-order chi connectivity index (χ1) is 14.5. The molecule has 1 aromatic heterocycles. The second-order valence-electron chi connectivity index (χ2n) is 8.66. The maximum absolute atomic E-state index is 12.9. The van der Waals surface area contributed by atoms with Crippen molar-refractivity contribution in [3.63, 3.8) is 0 Å². The molecule has 30 heavy (non-hydrogen) atoms. The van der Waals surface area contributed by atoms with E-state index in [1.54, 1.807) is 0 Å². The van der Waals surface area contributed by atoms with Crippen molar-refractivity contribution < 1.29 is 9.59 Å². The Labute approximate surface area is 178 Å². The zero-order valence-corrected chi connectivity index (χ0v) is 18.2. The summed E-state index contributed by atoms with van der Waals surface area (Å²) >= 11 is 0. The summed E-state index contributed by atoms with van der Waals surface area (Å²) in [6, 6.07) is 8.17. The van der Waals surface area contributed by atoms with E-state index < -0.39 is 0 Å². The molecule has 3 heterocycles. The number of carbonyl (C=O) groups is 2. The summed E-state index contributed by atoms with van der Waals surface area (Å²) in [5, 5.41) is 4.70. The van der Waals surface area contributed by atoms with Crippen LogP contribution < -0.4 is 0 Å². The first-order valence-electron chi connectivity index (χ1n) is 11.2. The zero-order valence-electron chi connectivity index (χ0n) is 18.2. The molecule has 0 bridgehead atoms. The summed E-state index contributed by atoms with van der Waals surface area (Å²) in [6.07, 6.45) is 5.85. The predicted molar refractivity (Wildman–Crippen MR) is 116 cm³/mol. The quantitative estimate of drug-likeness (QED) is 0.764. The van der Waals surface area contributed by atoms with Gasteiger partial charge in [-0.05, 0) is 31.7 Å². The second-order valence-corrected chi connectivity index (χ2v) is 8.66. The van der Waals surface area contributed by atoms with E-state index in [0.29, 0.717) is 25.8 Å². The summed E-state index contributed by atoms with van der Waals surface area (Å²) in [5.74, 6) is 0.390. The van der Waals surface area contributed by atoms with E-state index >= 15 is 0 Å². The van der Waals surface area contributed by atoms with Crippen molar-refractivity contribution in [2.45, 2.75) is 58.4 Å². The van der Waals surface area contributed by atoms with Crippen LogP contribution in [-0.4, -0.2) is 51.0 Å². The normalized spacial score (nSPS) is 16.5. The number of hydrogen-bond donors (Lipinski definition) is 0. The standard InChI is InChI=1S/C24H32N4O2/c1-18-6-8-19(9-7-18)16-24(30)28-15-12-22-20(17-28)21(25-26(22)2)10-11-23(29)27-13-4-3-5-14-27/h6-9H,3-5,10-17H2,1-2H3. The van der Waals surface area contributed by atoms with Crippen LogP contribution in [0.4, 0.5) is 0 Å². The molecular weight excluding hydrogens is 376 g/mol. The third kappa shape index (κ3) is 4.58. The molecule has 2 aliphatic rings. The Kier molecular flexibility index (Phi) is 6.21. The Morgan fingerprint density at radius 3 is 2.43 bits per heavy atom. The Morgan fingerprint density at radius 2 is 1.70 bits per heavy atom. The maximum Gasteiger partial charge on any atom is 0.227 e. The molecular formula is C24H32N4O2. The fourth-order valence-corrected chi connectivity index (χ4v) is 4.60. The number of nitrogens with zero attached hydrogens (tertiary/aromatic N) is 4. The smallest absolute Gasteiger partial charge is 0.227 e. The number of rotatable bonds is 5. The van der Waals surface area contributed by atoms with Gasteiger partial charge in [-0.2, -0.15) is 5.10 Å². The molecule has 0 N–H and O–H groups in total. The highest BCUT2D eigenvalue weighted by atomic mass is 16.2. The molecule has 1 fully saturated rings. The molecule has 0 aliphatic carbocycles. The summed E-state index contributed by atoms with van der Waals surface area (Å²) in [4.78, 5) is 29.4. The Balaban J connectivity index is 1.40. The van der Waals surface area contributed by atoms with Crippen LogP contribution in [0.2, 0.25) is 0 Å². The van der Waals surface area contributed by atoms with E-state index in [1.165, 1.54) is 17.7 Å². The van der Waals surface area contributed by atoms with Gasteiger partial charge in [0.25, 0.3) is 0 Å². The van der Waals surface area contributed by atoms with Gasteiger partial charge in [0.05, 0.1) is 12.1 Å². The van der Waals surface area contributed by atoms with Crippen LogP contribution in [0.15, 0.2) is 24.3 Å². The number of amides is 2. The highest BCUT2D eigenvalue weighted by molar-refractivity contribution is 5.79. The van der Waals surface area contributed by atoms with E-state index in [4.69, 9.17) is 5.10 Å². The van der Waals surface area contributed by atoms with E-state index in [9.17, 15) is 9.59 Å². The van der Waals surface area contributed by atoms with Crippen LogP contribution in [0, 0.1) is 6.92 Å². The molecule has 2 aromatic rings. The van der Waals surface area contributed by atoms with Gasteiger partial charge in [-0.1, -0.05) is 29.8 Å². The summed E-state index contributed by atoms with van der Waals surface area (Å²) < 4.78 is 1.94. The Bertz CT molecular complexity index is 910. The highest BCUT2D eigenvalue weighted by Gasteiger charge is 2.27. The van der Waals surface area contributed by atoms with E-state index in [1.807, 2.05) is 33.7 Å². The van der Waals surface area contributed by atoms with Crippen LogP contribution in [0.3, 0.4) is 0 Å². The first kappa shape index (κ1) is 20.6. The monoisotopic (exact) mass is 408 g/mol. The molecule has 0 spiro atoms. The lowest BCUT2D eigenvalue weighted by Gasteiger charge is -2.28. The zero-order chi connectivity index (χ0) is 21.1. The average Bonchev–Trinajstić information content (AvgIpc) is 3.09. The van der Waals surface area contributed by atoms with Gasteiger partial charge in [0, 0.05) is 63.7 Å². The highest BCUT2D eigenvalue weighted by Crippen LogP contribution is 2.24. The number of hydrogen-bond acceptors (Lipinski definition) is 3. The number of piperidine rings is 1. The van der Waals surface area contributed by atoms with Gasteiger partial charge in [0.2, 0.25) is 11.8 Å². The van der Waals surface area contributed by atoms with Gasteiger partial charge in [-0.25, -0.2) is 0 Å². The van der Waals surface area contributed by atoms with E-state index in [0.717, 1.165) is 55.7 Å². The molecule has 160 valence electrons. The van der Waals surface area contributed by atoms with Crippen molar-refractivity contribution in [3.8, 4) is 0 Å². The molecule has 0 radical (unpaired) electrons. The molecule has 6 heteroatoms. The molecule has 1 aromatic carbocycles. The molecule has 0 saturated carbocycles. The molecule has 4 rings (SSSR count). The van der Waals surface area contributed by atoms with Gasteiger partial charge in [-0.3, -0.25) is 14.3 Å². The molecule has 0 atom stereocenters. The molecule has 6 nitrogen and oxygen atoms in total. The van der Waals surface area contributed by atoms with Crippen molar-refractivity contribution in [2.75, 3.05) is 19.6 Å². The summed E-state index contributed by atoms with van der Waals surface area (Å²) in [6.45, 7) is 5.16. The van der Waals surface area contributed by atoms with Crippen molar-refractivity contribution >= 4 is 11.8 Å². The fraction of sp³-hybridized carbons (Fsp3) is 0.542. The van der Waals surface area contributed by atoms with E-state index in [-0.39, 0.29) is 11.8 Å². The topological polar surface area (TPSA) is 58.4 Å². The molecule has 2 aliphatic heterocycles. The van der Waals surface area contributed by atoms with Crippen LogP contribution in [0.5, 0.6) is 0 Å². The van der Waals surface area contributed by atoms with Crippen molar-refractivity contribution in [3.05, 3.63) is 52.3 Å². The molecule has 1 saturated heterocycles. The van der Waals surface area contributed by atoms with Crippen LogP contribution in [0.25, 0.3) is 0 Å². The van der Waals surface area contributed by atoms with Crippen LogP contribution in [-0.2, 0) is 42.4 Å². The summed E-state index contributed by atoms with van der Waals surface area (Å²) in [5.41, 5.74) is 5.58. The lowest BCUT2D eigenvalue weighted by Crippen LogP contribution is -2.37. The van der Waals surface area contributed by atoms with Crippen molar-refractivity contribution in [1.29, 1.82) is 0 Å². The SMILES string of the molecule is Cc1ccc(CC(=O)N2CCc3c(c(CCC(=O)N4CCCCC4)nn3C)C2)cc1. The number of likely N-dealkylation sites (tertiary alicyclic amines) is 1. The van der Waals surface area contributed by atoms with Crippen molar-refractivity contribution in [2.24, 2.45) is 7.05 Å². The number of aryl methyl sites for hydroxylation is 3. The third-order valence-electron chi connectivity index (χ3n) is 6.44. The van der Waals surface area contributed by atoms with Crippen molar-refractivity contribution in [1.82, 2.24) is 19.6 Å². The van der Waals surface area contributed by atoms with Gasteiger partial charge < -0.3 is 9.80 Å². The Hall–Kier alpha value is -2.63. The number of benzene rings is 1. The predicted octanol–water partition coefficient (Wildman–Crippen LogP) is 2.80. The van der Waals surface area contributed by atoms with Crippen LogP contribution in [0.1, 0.15) is 53.8 Å². The number of fused-ring (bicyclic) bond motifs is 1. The lowest BCUT2D eigenvalue weighted by atomic mass is 10.0. The second kappa shape index (κ2) is 9.02. The number of carbonyl (C=O) groups excluding carboxylic acids is 2. The number of aromatic nitrogens is 2. The maximum atomic E-state index is 12.9. The van der Waals surface area contributed by atoms with Gasteiger partial charge in [-0.15, -0.1) is 0 Å². The minimum atomic E-state index is 0.156. The minimum Gasteiger partial charge on any atom is -0.343 e. The largest absolute Gasteiger partial charge is 0.343 e. The lowest BCUT2D eigenvalue weighted by molar-refractivity contribution is -0.132. The van der Waals surface area contributed by atoms with E-state index in [2.05, 4.69) is 19.1 Å². The van der Waals surface area contributed by atoms with Gasteiger partial charge in [0.1, 0.15) is 0 Å². The average molecular weight is 409 g/mol. The third-order valence-corrected chi connectivity index (χ3v) is 6.44. The Morgan fingerprint density at radius 1 is 0.967 bits per heavy atom. The first-order valence-corrected chi connectivity index (χ1v) is 11.2. The molecule has 0 unspecified atom stereocenters.